The highest BCUT2D eigenvalue weighted by molar-refractivity contribution is 7.92. The van der Waals surface area contributed by atoms with Crippen molar-refractivity contribution < 1.29 is 22.0 Å². The molecule has 0 bridgehead atoms. The number of pyridine rings is 2. The summed E-state index contributed by atoms with van der Waals surface area (Å²) in [6.07, 6.45) is 4.95. The van der Waals surface area contributed by atoms with Crippen LogP contribution in [-0.2, 0) is 10.0 Å². The Bertz CT molecular complexity index is 1520. The number of anilines is 2. The zero-order valence-corrected chi connectivity index (χ0v) is 20.1. The number of aromatic nitrogens is 3. The van der Waals surface area contributed by atoms with Crippen LogP contribution >= 0.6 is 0 Å². The molecule has 3 aromatic heterocycles. The summed E-state index contributed by atoms with van der Waals surface area (Å²) in [5.74, 6) is -2.68. The van der Waals surface area contributed by atoms with Crippen molar-refractivity contribution >= 4 is 38.3 Å². The molecule has 182 valence electrons. The molecule has 2 N–H and O–H groups in total. The molecule has 0 atom stereocenters. The summed E-state index contributed by atoms with van der Waals surface area (Å²) in [4.78, 5) is 26.7. The number of fused-ring (bicyclic) bond motifs is 1. The van der Waals surface area contributed by atoms with Crippen LogP contribution in [0.3, 0.4) is 0 Å². The van der Waals surface area contributed by atoms with Crippen molar-refractivity contribution in [1.82, 2.24) is 15.0 Å². The number of sulfonamides is 1. The minimum Gasteiger partial charge on any atom is -0.363 e. The number of carbonyl (C=O) groups excluding carboxylic acids is 1. The Morgan fingerprint density at radius 2 is 1.80 bits per heavy atom. The first kappa shape index (κ1) is 24.3. The number of rotatable bonds is 8. The normalized spacial score (nSPS) is 11.6. The molecule has 0 unspecified atom stereocenters. The quantitative estimate of drug-likeness (QED) is 0.349. The molecule has 0 aliphatic carbocycles. The van der Waals surface area contributed by atoms with Crippen LogP contribution in [-0.4, -0.2) is 49.0 Å². The van der Waals surface area contributed by atoms with E-state index in [2.05, 4.69) is 15.0 Å². The summed E-state index contributed by atoms with van der Waals surface area (Å²) < 4.78 is 55.5. The van der Waals surface area contributed by atoms with Gasteiger partial charge in [0.15, 0.2) is 11.6 Å². The van der Waals surface area contributed by atoms with E-state index in [0.717, 1.165) is 23.5 Å². The second-order valence-corrected chi connectivity index (χ2v) is 10.00. The van der Waals surface area contributed by atoms with Gasteiger partial charge in [0, 0.05) is 54.8 Å². The second-order valence-electron chi connectivity index (χ2n) is 8.16. The van der Waals surface area contributed by atoms with E-state index in [-0.39, 0.29) is 17.7 Å². The molecule has 3 heterocycles. The van der Waals surface area contributed by atoms with E-state index in [9.17, 15) is 17.6 Å². The average Bonchev–Trinajstić information content (AvgIpc) is 3.25. The van der Waals surface area contributed by atoms with Crippen molar-refractivity contribution in [2.75, 3.05) is 29.5 Å². The standard InChI is InChI=1S/C24H23F2N5O3S/c1-4-9-35(33,34)30-22-19(25)7-6-16(21(22)26)23(32)18-13-29-24-17(18)10-15(12-28-24)14-5-8-20(27-11-14)31(2)3/h5-8,10-13,30H,4,9H2,1-3H3,(H,28,29). The first-order chi connectivity index (χ1) is 16.6. The summed E-state index contributed by atoms with van der Waals surface area (Å²) in [5, 5.41) is 0.432. The highest BCUT2D eigenvalue weighted by Gasteiger charge is 2.25. The van der Waals surface area contributed by atoms with E-state index >= 15 is 4.39 Å². The van der Waals surface area contributed by atoms with E-state index in [1.54, 1.807) is 25.4 Å². The third-order valence-corrected chi connectivity index (χ3v) is 6.84. The Hall–Kier alpha value is -3.86. The van der Waals surface area contributed by atoms with Gasteiger partial charge in [0.2, 0.25) is 10.0 Å². The summed E-state index contributed by atoms with van der Waals surface area (Å²) in [6, 6.07) is 7.29. The molecule has 0 radical (unpaired) electrons. The Morgan fingerprint density at radius 3 is 2.46 bits per heavy atom. The van der Waals surface area contributed by atoms with Crippen LogP contribution in [0.2, 0.25) is 0 Å². The highest BCUT2D eigenvalue weighted by Crippen LogP contribution is 2.29. The molecule has 1 aromatic carbocycles. The molecule has 0 amide bonds. The molecule has 11 heteroatoms. The maximum atomic E-state index is 15.2. The SMILES string of the molecule is CCCS(=O)(=O)Nc1c(F)ccc(C(=O)c2c[nH]c3ncc(-c4ccc(N(C)C)nc4)cc23)c1F. The maximum absolute atomic E-state index is 15.2. The van der Waals surface area contributed by atoms with Gasteiger partial charge in [0.1, 0.15) is 23.0 Å². The van der Waals surface area contributed by atoms with Crippen molar-refractivity contribution in [3.63, 3.8) is 0 Å². The van der Waals surface area contributed by atoms with Crippen molar-refractivity contribution in [3.05, 3.63) is 71.7 Å². The number of hydrogen-bond acceptors (Lipinski definition) is 6. The predicted octanol–water partition coefficient (Wildman–Crippen LogP) is 4.35. The van der Waals surface area contributed by atoms with Crippen LogP contribution < -0.4 is 9.62 Å². The third kappa shape index (κ3) is 4.85. The zero-order chi connectivity index (χ0) is 25.3. The van der Waals surface area contributed by atoms with E-state index in [4.69, 9.17) is 0 Å². The van der Waals surface area contributed by atoms with Gasteiger partial charge in [-0.2, -0.15) is 0 Å². The number of aromatic amines is 1. The highest BCUT2D eigenvalue weighted by atomic mass is 32.2. The summed E-state index contributed by atoms with van der Waals surface area (Å²) in [6.45, 7) is 1.62. The lowest BCUT2D eigenvalue weighted by atomic mass is 10.0. The number of ketones is 1. The molecule has 0 spiro atoms. The van der Waals surface area contributed by atoms with Gasteiger partial charge in [-0.1, -0.05) is 6.92 Å². The number of nitrogens with zero attached hydrogens (tertiary/aromatic N) is 3. The van der Waals surface area contributed by atoms with Gasteiger partial charge >= 0.3 is 0 Å². The van der Waals surface area contributed by atoms with Crippen LogP contribution in [0.5, 0.6) is 0 Å². The molecule has 4 aromatic rings. The van der Waals surface area contributed by atoms with Crippen molar-refractivity contribution in [2.45, 2.75) is 13.3 Å². The minimum absolute atomic E-state index is 0.111. The van der Waals surface area contributed by atoms with Gasteiger partial charge < -0.3 is 9.88 Å². The Labute approximate surface area is 201 Å². The Balaban J connectivity index is 1.74. The first-order valence-corrected chi connectivity index (χ1v) is 12.4. The van der Waals surface area contributed by atoms with Gasteiger partial charge in [-0.15, -0.1) is 0 Å². The number of benzene rings is 1. The summed E-state index contributed by atoms with van der Waals surface area (Å²) in [5.41, 5.74) is 0.627. The van der Waals surface area contributed by atoms with E-state index in [1.807, 2.05) is 35.9 Å². The van der Waals surface area contributed by atoms with Crippen molar-refractivity contribution in [1.29, 1.82) is 0 Å². The molecule has 0 saturated heterocycles. The molecule has 35 heavy (non-hydrogen) atoms. The average molecular weight is 500 g/mol. The van der Waals surface area contributed by atoms with Crippen LogP contribution in [0.4, 0.5) is 20.3 Å². The minimum atomic E-state index is -3.97. The largest absolute Gasteiger partial charge is 0.363 e. The second kappa shape index (κ2) is 9.41. The first-order valence-electron chi connectivity index (χ1n) is 10.8. The number of nitrogens with one attached hydrogen (secondary N) is 2. The molecular weight excluding hydrogens is 476 g/mol. The van der Waals surface area contributed by atoms with E-state index in [1.165, 1.54) is 6.20 Å². The van der Waals surface area contributed by atoms with Gasteiger partial charge in [-0.3, -0.25) is 9.52 Å². The Morgan fingerprint density at radius 1 is 1.06 bits per heavy atom. The van der Waals surface area contributed by atoms with Gasteiger partial charge in [-0.05, 0) is 36.8 Å². The molecule has 0 saturated carbocycles. The monoisotopic (exact) mass is 499 g/mol. The molecule has 0 fully saturated rings. The van der Waals surface area contributed by atoms with Crippen molar-refractivity contribution in [2.24, 2.45) is 0 Å². The fourth-order valence-corrected chi connectivity index (χ4v) is 4.75. The number of carbonyl (C=O) groups is 1. The summed E-state index contributed by atoms with van der Waals surface area (Å²) >= 11 is 0. The van der Waals surface area contributed by atoms with E-state index in [0.29, 0.717) is 16.6 Å². The summed E-state index contributed by atoms with van der Waals surface area (Å²) in [7, 11) is -0.218. The van der Waals surface area contributed by atoms with Crippen LogP contribution in [0, 0.1) is 11.6 Å². The lowest BCUT2D eigenvalue weighted by molar-refractivity contribution is 0.103. The number of H-pyrrole nitrogens is 1. The fraction of sp³-hybridized carbons (Fsp3) is 0.208. The third-order valence-electron chi connectivity index (χ3n) is 5.38. The lowest BCUT2D eigenvalue weighted by Gasteiger charge is -2.12. The molecule has 4 rings (SSSR count). The lowest BCUT2D eigenvalue weighted by Crippen LogP contribution is -2.19. The fourth-order valence-electron chi connectivity index (χ4n) is 3.61. The van der Waals surface area contributed by atoms with E-state index < -0.39 is 38.7 Å². The van der Waals surface area contributed by atoms with Crippen LogP contribution in [0.1, 0.15) is 29.3 Å². The molecule has 0 aliphatic rings. The Kier molecular flexibility index (Phi) is 6.53. The molecule has 0 aliphatic heterocycles. The van der Waals surface area contributed by atoms with Crippen molar-refractivity contribution in [3.8, 4) is 11.1 Å². The zero-order valence-electron chi connectivity index (χ0n) is 19.3. The number of halogens is 2. The smallest absolute Gasteiger partial charge is 0.232 e. The topological polar surface area (TPSA) is 108 Å². The predicted molar refractivity (Wildman–Crippen MR) is 131 cm³/mol. The van der Waals surface area contributed by atoms with Crippen LogP contribution in [0.25, 0.3) is 22.2 Å². The van der Waals surface area contributed by atoms with Gasteiger partial charge in [-0.25, -0.2) is 27.2 Å². The van der Waals surface area contributed by atoms with Gasteiger partial charge in [0.25, 0.3) is 0 Å². The molecular formula is C24H23F2N5O3S. The maximum Gasteiger partial charge on any atom is 0.232 e. The number of hydrogen-bond donors (Lipinski definition) is 2. The molecule has 8 nitrogen and oxygen atoms in total. The van der Waals surface area contributed by atoms with Crippen LogP contribution in [0.15, 0.2) is 48.9 Å². The van der Waals surface area contributed by atoms with Gasteiger partial charge in [0.05, 0.1) is 11.3 Å².